The highest BCUT2D eigenvalue weighted by molar-refractivity contribution is 5.79. The minimum atomic E-state index is -5.81. The van der Waals surface area contributed by atoms with Gasteiger partial charge in [-0.15, -0.1) is 0 Å². The molecule has 3 amide bonds. The van der Waals surface area contributed by atoms with E-state index in [0.29, 0.717) is 25.7 Å². The van der Waals surface area contributed by atoms with Crippen LogP contribution >= 0.6 is 0 Å². The number of carbonyl (C=O) groups is 3. The molecule has 24 heteroatoms. The first kappa shape index (κ1) is 57.6. The number of likely N-dealkylation sites (N-methyl/N-ethyl adjacent to an activating group) is 1. The van der Waals surface area contributed by atoms with Gasteiger partial charge in [-0.25, -0.2) is 0 Å². The standard InChI is InChI=1S/C47H70F12N4O8/c1-23(64)61-33-20-27(8-16-37(33)66)43(46(54,55)56,47(57,58)59)29-10-18-39(68)35(22-29)63-41(70)25-5-13-31(14-6-25)71-30-11-3-24(4-12-30)40(69)62-34-21-28(9-17-38(34)67)42(44(48,49)50,45(51,52)53)26-7-15-36(65)32(19-26)60-2/h24-39,60,65-68H,3-22H2,1-2H3,(H,61,64)(H,62,69)(H,63,70). The fourth-order valence-electron chi connectivity index (χ4n) is 13.9. The lowest BCUT2D eigenvalue weighted by Gasteiger charge is -2.53. The number of carbonyl (C=O) groups excluding carboxylic acids is 3. The largest absolute Gasteiger partial charge is 0.403 e. The maximum absolute atomic E-state index is 15.1. The molecule has 0 aromatic carbocycles. The molecule has 6 aliphatic carbocycles. The van der Waals surface area contributed by atoms with E-state index in [2.05, 4.69) is 21.3 Å². The van der Waals surface area contributed by atoms with Gasteiger partial charge in [-0.3, -0.25) is 14.4 Å². The monoisotopic (exact) mass is 1050 g/mol. The summed E-state index contributed by atoms with van der Waals surface area (Å²) in [5.74, 6) is -11.4. The molecule has 8 N–H and O–H groups in total. The Balaban J connectivity index is 1.01. The van der Waals surface area contributed by atoms with Crippen LogP contribution in [0.25, 0.3) is 0 Å². The molecule has 0 heterocycles. The lowest BCUT2D eigenvalue weighted by Crippen LogP contribution is -2.64. The van der Waals surface area contributed by atoms with E-state index in [1.165, 1.54) is 7.05 Å². The summed E-state index contributed by atoms with van der Waals surface area (Å²) in [6.07, 6.45) is -33.4. The lowest BCUT2D eigenvalue weighted by molar-refractivity contribution is -0.384. The summed E-state index contributed by atoms with van der Waals surface area (Å²) in [7, 11) is 1.36. The number of halogens is 12. The third-order valence-electron chi connectivity index (χ3n) is 17.6. The molecule has 6 rings (SSSR count). The van der Waals surface area contributed by atoms with Gasteiger partial charge >= 0.3 is 24.7 Å². The van der Waals surface area contributed by atoms with Gasteiger partial charge in [0.25, 0.3) is 0 Å². The average Bonchev–Trinajstić information content (AvgIpc) is 3.26. The number of hydrogen-bond donors (Lipinski definition) is 8. The highest BCUT2D eigenvalue weighted by Gasteiger charge is 2.78. The Morgan fingerprint density at radius 2 is 0.676 bits per heavy atom. The molecule has 6 aliphatic rings. The molecule has 0 aliphatic heterocycles. The first-order valence-corrected chi connectivity index (χ1v) is 25.2. The van der Waals surface area contributed by atoms with Gasteiger partial charge in [0.1, 0.15) is 0 Å². The molecular formula is C47H70F12N4O8. The van der Waals surface area contributed by atoms with Crippen LogP contribution in [0.1, 0.15) is 135 Å². The Bertz CT molecular complexity index is 1780. The minimum absolute atomic E-state index is 0.248. The normalized spacial score (nSPS) is 37.4. The van der Waals surface area contributed by atoms with E-state index in [9.17, 15) is 34.8 Å². The number of aliphatic hydroxyl groups is 4. The zero-order valence-electron chi connectivity index (χ0n) is 39.8. The second-order valence-electron chi connectivity index (χ2n) is 21.6. The number of rotatable bonds is 12. The molecule has 0 saturated heterocycles. The predicted octanol–water partition coefficient (Wildman–Crippen LogP) is 7.05. The van der Waals surface area contributed by atoms with E-state index in [1.807, 2.05) is 0 Å². The Morgan fingerprint density at radius 1 is 0.408 bits per heavy atom. The van der Waals surface area contributed by atoms with Crippen LogP contribution in [0.4, 0.5) is 52.7 Å². The fourth-order valence-corrected chi connectivity index (χ4v) is 13.9. The molecule has 0 radical (unpaired) electrons. The van der Waals surface area contributed by atoms with E-state index in [4.69, 9.17) is 4.74 Å². The van der Waals surface area contributed by atoms with Crippen LogP contribution in [0.3, 0.4) is 0 Å². The summed E-state index contributed by atoms with van der Waals surface area (Å²) in [5.41, 5.74) is -8.40. The first-order valence-electron chi connectivity index (χ1n) is 25.2. The number of nitrogens with one attached hydrogen (secondary N) is 4. The van der Waals surface area contributed by atoms with Crippen molar-refractivity contribution in [3.05, 3.63) is 0 Å². The van der Waals surface area contributed by atoms with Crippen molar-refractivity contribution in [2.75, 3.05) is 7.05 Å². The van der Waals surface area contributed by atoms with Gasteiger partial charge in [0, 0.05) is 24.8 Å². The molecule has 71 heavy (non-hydrogen) atoms. The van der Waals surface area contributed by atoms with Crippen molar-refractivity contribution in [3.8, 4) is 0 Å². The molecular weight excluding hydrogens is 977 g/mol. The Morgan fingerprint density at radius 3 is 0.944 bits per heavy atom. The second-order valence-corrected chi connectivity index (χ2v) is 21.6. The topological polar surface area (TPSA) is 189 Å². The SMILES string of the molecule is CNC1CC(C(C2CCC(O)C(NC(=O)C3CCC(OC4CCC(C(=O)NC5CC(C(C6CCC(O)C(NC(C)=O)C6)(C(F)(F)F)C(F)(F)F)CCC5O)CC4)CC3)C2)(C(F)(F)F)C(F)(F)F)CCC1O. The van der Waals surface area contributed by atoms with Crippen LogP contribution in [0, 0.1) is 46.3 Å². The van der Waals surface area contributed by atoms with Crippen molar-refractivity contribution in [1.29, 1.82) is 0 Å². The molecule has 410 valence electrons. The van der Waals surface area contributed by atoms with E-state index in [1.54, 1.807) is 0 Å². The quantitative estimate of drug-likeness (QED) is 0.0948. The van der Waals surface area contributed by atoms with Crippen molar-refractivity contribution in [2.45, 2.75) is 221 Å². The lowest BCUT2D eigenvalue weighted by atomic mass is 9.56. The molecule has 0 bridgehead atoms. The van der Waals surface area contributed by atoms with Gasteiger partial charge in [-0.05, 0) is 159 Å². The minimum Gasteiger partial charge on any atom is -0.392 e. The van der Waals surface area contributed by atoms with E-state index >= 15 is 52.7 Å². The number of ether oxygens (including phenoxy) is 1. The van der Waals surface area contributed by atoms with Crippen LogP contribution in [0.15, 0.2) is 0 Å². The number of alkyl halides is 12. The maximum Gasteiger partial charge on any atom is 0.403 e. The Labute approximate surface area is 404 Å². The van der Waals surface area contributed by atoms with Crippen LogP contribution in [0.5, 0.6) is 0 Å². The van der Waals surface area contributed by atoms with E-state index in [-0.39, 0.29) is 44.3 Å². The molecule has 12 unspecified atom stereocenters. The molecule has 12 atom stereocenters. The second kappa shape index (κ2) is 22.3. The van der Waals surface area contributed by atoms with Crippen molar-refractivity contribution in [1.82, 2.24) is 21.3 Å². The third kappa shape index (κ3) is 11.9. The Kier molecular flexibility index (Phi) is 18.1. The van der Waals surface area contributed by atoms with Gasteiger partial charge in [-0.1, -0.05) is 0 Å². The zero-order chi connectivity index (χ0) is 52.6. The first-order chi connectivity index (χ1) is 33.0. The van der Waals surface area contributed by atoms with Crippen molar-refractivity contribution in [3.63, 3.8) is 0 Å². The van der Waals surface area contributed by atoms with Crippen molar-refractivity contribution < 1.29 is 92.2 Å². The number of hydrogen-bond acceptors (Lipinski definition) is 9. The highest BCUT2D eigenvalue weighted by atomic mass is 19.4. The van der Waals surface area contributed by atoms with Gasteiger partial charge in [-0.2, -0.15) is 52.7 Å². The van der Waals surface area contributed by atoms with Crippen LogP contribution in [-0.2, 0) is 19.1 Å². The smallest absolute Gasteiger partial charge is 0.392 e. The average molecular weight is 1050 g/mol. The maximum atomic E-state index is 15.1. The van der Waals surface area contributed by atoms with E-state index < -0.39 is 208 Å². The summed E-state index contributed by atoms with van der Waals surface area (Å²) in [6, 6.07) is -5.13. The molecule has 0 aromatic heterocycles. The zero-order valence-corrected chi connectivity index (χ0v) is 39.8. The third-order valence-corrected chi connectivity index (χ3v) is 17.6. The molecule has 6 fully saturated rings. The fraction of sp³-hybridized carbons (Fsp3) is 0.936. The van der Waals surface area contributed by atoms with Gasteiger partial charge in [0.05, 0.1) is 54.7 Å². The van der Waals surface area contributed by atoms with Gasteiger partial charge < -0.3 is 46.4 Å². The summed E-state index contributed by atoms with van der Waals surface area (Å²) in [6.45, 7) is 1.04. The molecule has 0 spiro atoms. The van der Waals surface area contributed by atoms with Crippen molar-refractivity contribution in [2.24, 2.45) is 46.3 Å². The summed E-state index contributed by atoms with van der Waals surface area (Å²) < 4.78 is 187. The van der Waals surface area contributed by atoms with Crippen LogP contribution in [0.2, 0.25) is 0 Å². The van der Waals surface area contributed by atoms with Crippen LogP contribution < -0.4 is 21.3 Å². The highest BCUT2D eigenvalue weighted by Crippen LogP contribution is 2.66. The summed E-state index contributed by atoms with van der Waals surface area (Å²) in [4.78, 5) is 38.8. The number of aliphatic hydroxyl groups excluding tert-OH is 4. The molecule has 0 aromatic rings. The Hall–Kier alpha value is -2.67. The van der Waals surface area contributed by atoms with Crippen LogP contribution in [-0.4, -0.2) is 131 Å². The van der Waals surface area contributed by atoms with E-state index in [0.717, 1.165) is 6.92 Å². The predicted molar refractivity (Wildman–Crippen MR) is 229 cm³/mol. The van der Waals surface area contributed by atoms with Crippen molar-refractivity contribution >= 4 is 17.7 Å². The molecule has 12 nitrogen and oxygen atoms in total. The molecule has 6 saturated carbocycles. The number of amides is 3. The summed E-state index contributed by atoms with van der Waals surface area (Å²) >= 11 is 0. The van der Waals surface area contributed by atoms with Gasteiger partial charge in [0.2, 0.25) is 17.7 Å². The summed E-state index contributed by atoms with van der Waals surface area (Å²) in [5, 5.41) is 52.3. The van der Waals surface area contributed by atoms with Gasteiger partial charge in [0.15, 0.2) is 10.8 Å².